The van der Waals surface area contributed by atoms with Gasteiger partial charge in [-0.25, -0.2) is 4.79 Å². The van der Waals surface area contributed by atoms with E-state index >= 15 is 0 Å². The second kappa shape index (κ2) is 7.00. The molecule has 1 aromatic carbocycles. The molecule has 1 rings (SSSR count). The standard InChI is InChI=1S/C16H22O2/c1-4-7-14(11-16(17)18)15-10-12(5-2)8-9-13(15)6-3/h8-11H,4-7H2,1-3H3,(H,17,18)/b14-11+. The summed E-state index contributed by atoms with van der Waals surface area (Å²) in [6.45, 7) is 6.30. The van der Waals surface area contributed by atoms with Crippen LogP contribution in [0.25, 0.3) is 5.57 Å². The van der Waals surface area contributed by atoms with Gasteiger partial charge in [0.1, 0.15) is 0 Å². The molecule has 0 aliphatic carbocycles. The van der Waals surface area contributed by atoms with Crippen LogP contribution in [0.5, 0.6) is 0 Å². The second-order valence-corrected chi connectivity index (χ2v) is 4.46. The van der Waals surface area contributed by atoms with Crippen molar-refractivity contribution in [2.75, 3.05) is 0 Å². The third-order valence-electron chi connectivity index (χ3n) is 3.13. The van der Waals surface area contributed by atoms with E-state index in [2.05, 4.69) is 39.0 Å². The monoisotopic (exact) mass is 246 g/mol. The summed E-state index contributed by atoms with van der Waals surface area (Å²) >= 11 is 0. The molecule has 2 heteroatoms. The number of allylic oxidation sites excluding steroid dienone is 1. The van der Waals surface area contributed by atoms with Gasteiger partial charge < -0.3 is 5.11 Å². The number of hydrogen-bond acceptors (Lipinski definition) is 1. The van der Waals surface area contributed by atoms with E-state index < -0.39 is 5.97 Å². The summed E-state index contributed by atoms with van der Waals surface area (Å²) in [5.74, 6) is -0.859. The van der Waals surface area contributed by atoms with Gasteiger partial charge in [-0.3, -0.25) is 0 Å². The number of hydrogen-bond donors (Lipinski definition) is 1. The van der Waals surface area contributed by atoms with Crippen LogP contribution in [-0.4, -0.2) is 11.1 Å². The Morgan fingerprint density at radius 3 is 2.44 bits per heavy atom. The Balaban J connectivity index is 3.28. The number of aryl methyl sites for hydroxylation is 2. The molecule has 98 valence electrons. The molecule has 0 bridgehead atoms. The summed E-state index contributed by atoms with van der Waals surface area (Å²) in [6, 6.07) is 6.40. The SMILES string of the molecule is CCC/C(=C\C(=O)O)c1cc(CC)ccc1CC. The molecule has 0 atom stereocenters. The highest BCUT2D eigenvalue weighted by atomic mass is 16.4. The lowest BCUT2D eigenvalue weighted by Gasteiger charge is -2.13. The van der Waals surface area contributed by atoms with Crippen LogP contribution in [0.2, 0.25) is 0 Å². The lowest BCUT2D eigenvalue weighted by atomic mass is 9.92. The van der Waals surface area contributed by atoms with Crippen LogP contribution < -0.4 is 0 Å². The van der Waals surface area contributed by atoms with Crippen molar-refractivity contribution in [1.82, 2.24) is 0 Å². The van der Waals surface area contributed by atoms with E-state index in [1.807, 2.05) is 0 Å². The summed E-state index contributed by atoms with van der Waals surface area (Å²) in [4.78, 5) is 10.9. The van der Waals surface area contributed by atoms with Gasteiger partial charge in [0.25, 0.3) is 0 Å². The van der Waals surface area contributed by atoms with Gasteiger partial charge >= 0.3 is 5.97 Å². The van der Waals surface area contributed by atoms with E-state index in [9.17, 15) is 4.79 Å². The molecule has 0 unspecified atom stereocenters. The Labute approximate surface area is 109 Å². The lowest BCUT2D eigenvalue weighted by Crippen LogP contribution is -1.98. The van der Waals surface area contributed by atoms with Crippen LogP contribution in [0.4, 0.5) is 0 Å². The summed E-state index contributed by atoms with van der Waals surface area (Å²) in [5, 5.41) is 8.99. The van der Waals surface area contributed by atoms with Crippen LogP contribution in [0.15, 0.2) is 24.3 Å². The first-order valence-electron chi connectivity index (χ1n) is 6.68. The van der Waals surface area contributed by atoms with Crippen molar-refractivity contribution in [3.05, 3.63) is 41.0 Å². The summed E-state index contributed by atoms with van der Waals surface area (Å²) in [7, 11) is 0. The highest BCUT2D eigenvalue weighted by molar-refractivity contribution is 5.90. The lowest BCUT2D eigenvalue weighted by molar-refractivity contribution is -0.131. The third-order valence-corrected chi connectivity index (χ3v) is 3.13. The molecule has 0 saturated carbocycles. The minimum Gasteiger partial charge on any atom is -0.478 e. The minimum atomic E-state index is -0.859. The molecule has 2 nitrogen and oxygen atoms in total. The highest BCUT2D eigenvalue weighted by Crippen LogP contribution is 2.25. The first-order valence-corrected chi connectivity index (χ1v) is 6.68. The molecular weight excluding hydrogens is 224 g/mol. The Bertz CT molecular complexity index is 444. The quantitative estimate of drug-likeness (QED) is 0.768. The molecule has 0 radical (unpaired) electrons. The zero-order valence-electron chi connectivity index (χ0n) is 11.5. The predicted octanol–water partition coefficient (Wildman–Crippen LogP) is 4.08. The van der Waals surface area contributed by atoms with Crippen molar-refractivity contribution in [3.63, 3.8) is 0 Å². The molecule has 0 spiro atoms. The number of aliphatic carboxylic acids is 1. The van der Waals surface area contributed by atoms with Crippen molar-refractivity contribution in [1.29, 1.82) is 0 Å². The van der Waals surface area contributed by atoms with E-state index in [1.54, 1.807) is 0 Å². The Morgan fingerprint density at radius 1 is 1.22 bits per heavy atom. The fraction of sp³-hybridized carbons (Fsp3) is 0.438. The van der Waals surface area contributed by atoms with Gasteiger partial charge in [0.05, 0.1) is 0 Å². The van der Waals surface area contributed by atoms with E-state index in [-0.39, 0.29) is 0 Å². The van der Waals surface area contributed by atoms with Crippen LogP contribution in [0.1, 0.15) is 50.3 Å². The maximum absolute atomic E-state index is 10.9. The smallest absolute Gasteiger partial charge is 0.328 e. The van der Waals surface area contributed by atoms with Crippen molar-refractivity contribution in [2.24, 2.45) is 0 Å². The molecule has 0 aliphatic heterocycles. The van der Waals surface area contributed by atoms with E-state index in [0.717, 1.165) is 36.8 Å². The topological polar surface area (TPSA) is 37.3 Å². The van der Waals surface area contributed by atoms with E-state index in [4.69, 9.17) is 5.11 Å². The summed E-state index contributed by atoms with van der Waals surface area (Å²) < 4.78 is 0. The largest absolute Gasteiger partial charge is 0.478 e. The van der Waals surface area contributed by atoms with Crippen molar-refractivity contribution in [2.45, 2.75) is 46.5 Å². The van der Waals surface area contributed by atoms with Crippen LogP contribution in [0.3, 0.4) is 0 Å². The molecule has 1 N–H and O–H groups in total. The van der Waals surface area contributed by atoms with Crippen LogP contribution in [0, 0.1) is 0 Å². The average molecular weight is 246 g/mol. The summed E-state index contributed by atoms with van der Waals surface area (Å²) in [5.41, 5.74) is 4.54. The zero-order chi connectivity index (χ0) is 13.5. The van der Waals surface area contributed by atoms with Gasteiger partial charge in [-0.1, -0.05) is 45.4 Å². The Morgan fingerprint density at radius 2 is 1.94 bits per heavy atom. The molecule has 0 heterocycles. The van der Waals surface area contributed by atoms with E-state index in [1.165, 1.54) is 17.2 Å². The normalized spacial score (nSPS) is 11.6. The van der Waals surface area contributed by atoms with Gasteiger partial charge in [0.15, 0.2) is 0 Å². The molecule has 0 aromatic heterocycles. The first-order chi connectivity index (χ1) is 8.62. The van der Waals surface area contributed by atoms with Crippen LogP contribution in [-0.2, 0) is 17.6 Å². The first kappa shape index (κ1) is 14.5. The van der Waals surface area contributed by atoms with Gasteiger partial charge in [0, 0.05) is 6.08 Å². The van der Waals surface area contributed by atoms with Crippen molar-refractivity contribution in [3.8, 4) is 0 Å². The number of carboxylic acids is 1. The van der Waals surface area contributed by atoms with Crippen molar-refractivity contribution < 1.29 is 9.90 Å². The second-order valence-electron chi connectivity index (χ2n) is 4.46. The van der Waals surface area contributed by atoms with Gasteiger partial charge in [-0.05, 0) is 41.5 Å². The Kier molecular flexibility index (Phi) is 5.63. The number of rotatable bonds is 6. The number of carboxylic acid groups (broad SMARTS) is 1. The zero-order valence-corrected chi connectivity index (χ0v) is 11.5. The fourth-order valence-corrected chi connectivity index (χ4v) is 2.15. The highest BCUT2D eigenvalue weighted by Gasteiger charge is 2.09. The molecule has 0 amide bonds. The molecule has 0 fully saturated rings. The predicted molar refractivity (Wildman–Crippen MR) is 75.7 cm³/mol. The maximum Gasteiger partial charge on any atom is 0.328 e. The molecule has 0 aliphatic rings. The van der Waals surface area contributed by atoms with E-state index in [0.29, 0.717) is 0 Å². The minimum absolute atomic E-state index is 0.812. The third kappa shape index (κ3) is 3.73. The number of carbonyl (C=O) groups is 1. The fourth-order valence-electron chi connectivity index (χ4n) is 2.15. The van der Waals surface area contributed by atoms with Gasteiger partial charge in [-0.15, -0.1) is 0 Å². The maximum atomic E-state index is 10.9. The Hall–Kier alpha value is -1.57. The summed E-state index contributed by atoms with van der Waals surface area (Å²) in [6.07, 6.45) is 5.03. The molecule has 1 aromatic rings. The van der Waals surface area contributed by atoms with Gasteiger partial charge in [-0.2, -0.15) is 0 Å². The molecule has 18 heavy (non-hydrogen) atoms. The van der Waals surface area contributed by atoms with Crippen molar-refractivity contribution >= 4 is 11.5 Å². The number of benzene rings is 1. The average Bonchev–Trinajstić information content (AvgIpc) is 2.37. The van der Waals surface area contributed by atoms with Gasteiger partial charge in [0.2, 0.25) is 0 Å². The molecular formula is C16H22O2. The van der Waals surface area contributed by atoms with Crippen LogP contribution >= 0.6 is 0 Å². The molecule has 0 saturated heterocycles.